The highest BCUT2D eigenvalue weighted by Gasteiger charge is 1.98. The summed E-state index contributed by atoms with van der Waals surface area (Å²) < 4.78 is 0. The predicted molar refractivity (Wildman–Crippen MR) is 64.0 cm³/mol. The van der Waals surface area contributed by atoms with Crippen molar-refractivity contribution in [3.63, 3.8) is 0 Å². The van der Waals surface area contributed by atoms with Crippen LogP contribution in [0.25, 0.3) is 0 Å². The van der Waals surface area contributed by atoms with E-state index in [4.69, 9.17) is 0 Å². The van der Waals surface area contributed by atoms with Crippen LogP contribution in [-0.4, -0.2) is 10.8 Å². The van der Waals surface area contributed by atoms with Crippen LogP contribution >= 0.6 is 0 Å². The molecule has 1 aromatic carbocycles. The molecule has 0 amide bonds. The van der Waals surface area contributed by atoms with Crippen LogP contribution in [0.5, 0.6) is 0 Å². The van der Waals surface area contributed by atoms with Crippen LogP contribution in [0.2, 0.25) is 0 Å². The van der Waals surface area contributed by atoms with Gasteiger partial charge >= 0.3 is 0 Å². The summed E-state index contributed by atoms with van der Waals surface area (Å²) in [5.74, 6) is 0.0791. The number of anilines is 2. The van der Waals surface area contributed by atoms with Gasteiger partial charge in [-0.25, -0.2) is 0 Å². The van der Waals surface area contributed by atoms with Crippen LogP contribution in [0, 0.1) is 0 Å². The molecule has 0 aliphatic heterocycles. The molecule has 1 aromatic heterocycles. The zero-order chi connectivity index (χ0) is 11.4. The first-order chi connectivity index (χ1) is 7.75. The van der Waals surface area contributed by atoms with E-state index in [-0.39, 0.29) is 5.78 Å². The van der Waals surface area contributed by atoms with Crippen LogP contribution in [0.3, 0.4) is 0 Å². The van der Waals surface area contributed by atoms with E-state index in [1.165, 1.54) is 0 Å². The van der Waals surface area contributed by atoms with Crippen molar-refractivity contribution in [2.24, 2.45) is 0 Å². The minimum Gasteiger partial charge on any atom is -0.355 e. The number of benzene rings is 1. The van der Waals surface area contributed by atoms with Crippen molar-refractivity contribution in [1.82, 2.24) is 4.98 Å². The fraction of sp³-hybridized carbons (Fsp3) is 0.0769. The van der Waals surface area contributed by atoms with Crippen molar-refractivity contribution in [2.45, 2.75) is 6.92 Å². The summed E-state index contributed by atoms with van der Waals surface area (Å²) in [5, 5.41) is 3.22. The maximum Gasteiger partial charge on any atom is 0.159 e. The molecule has 3 heteroatoms. The number of carbonyl (C=O) groups is 1. The molecule has 0 unspecified atom stereocenters. The highest BCUT2D eigenvalue weighted by atomic mass is 16.1. The third kappa shape index (κ3) is 2.45. The van der Waals surface area contributed by atoms with E-state index in [2.05, 4.69) is 10.3 Å². The predicted octanol–water partition coefficient (Wildman–Crippen LogP) is 3.03. The van der Waals surface area contributed by atoms with Gasteiger partial charge in [0.1, 0.15) is 0 Å². The van der Waals surface area contributed by atoms with E-state index in [9.17, 15) is 4.79 Å². The monoisotopic (exact) mass is 212 g/mol. The number of hydrogen-bond donors (Lipinski definition) is 1. The molecule has 0 aliphatic rings. The molecule has 1 heterocycles. The topological polar surface area (TPSA) is 42.0 Å². The number of ketones is 1. The minimum atomic E-state index is 0.0791. The number of Topliss-reactive ketones (excluding diaryl/α,β-unsaturated/α-hetero) is 1. The van der Waals surface area contributed by atoms with Gasteiger partial charge in [-0.2, -0.15) is 0 Å². The normalized spacial score (nSPS) is 9.81. The van der Waals surface area contributed by atoms with E-state index >= 15 is 0 Å². The van der Waals surface area contributed by atoms with Crippen molar-refractivity contribution >= 4 is 17.2 Å². The van der Waals surface area contributed by atoms with Crippen molar-refractivity contribution in [1.29, 1.82) is 0 Å². The molecular weight excluding hydrogens is 200 g/mol. The maximum atomic E-state index is 11.1. The van der Waals surface area contributed by atoms with Crippen molar-refractivity contribution in [3.05, 3.63) is 54.4 Å². The molecule has 0 saturated heterocycles. The lowest BCUT2D eigenvalue weighted by molar-refractivity contribution is 0.101. The van der Waals surface area contributed by atoms with E-state index in [1.807, 2.05) is 36.4 Å². The fourth-order valence-electron chi connectivity index (χ4n) is 1.39. The van der Waals surface area contributed by atoms with Gasteiger partial charge in [-0.05, 0) is 43.3 Å². The smallest absolute Gasteiger partial charge is 0.159 e. The second-order valence-corrected chi connectivity index (χ2v) is 3.49. The molecule has 0 saturated carbocycles. The summed E-state index contributed by atoms with van der Waals surface area (Å²) in [5.41, 5.74) is 2.65. The van der Waals surface area contributed by atoms with E-state index in [0.717, 1.165) is 16.9 Å². The molecule has 0 aliphatic carbocycles. The van der Waals surface area contributed by atoms with Gasteiger partial charge in [0.2, 0.25) is 0 Å². The molecular formula is C13H12N2O. The number of rotatable bonds is 3. The number of hydrogen-bond acceptors (Lipinski definition) is 3. The Hall–Kier alpha value is -2.16. The van der Waals surface area contributed by atoms with Crippen LogP contribution < -0.4 is 5.32 Å². The van der Waals surface area contributed by atoms with Gasteiger partial charge in [0.05, 0.1) is 0 Å². The van der Waals surface area contributed by atoms with Crippen LogP contribution in [-0.2, 0) is 0 Å². The molecule has 0 fully saturated rings. The van der Waals surface area contributed by atoms with Crippen molar-refractivity contribution in [2.75, 3.05) is 5.32 Å². The Bertz CT molecular complexity index is 477. The van der Waals surface area contributed by atoms with Gasteiger partial charge in [-0.1, -0.05) is 0 Å². The van der Waals surface area contributed by atoms with Crippen molar-refractivity contribution in [3.8, 4) is 0 Å². The van der Waals surface area contributed by atoms with Gasteiger partial charge in [0.25, 0.3) is 0 Å². The average molecular weight is 212 g/mol. The Balaban J connectivity index is 2.14. The molecule has 0 atom stereocenters. The summed E-state index contributed by atoms with van der Waals surface area (Å²) >= 11 is 0. The molecule has 0 spiro atoms. The summed E-state index contributed by atoms with van der Waals surface area (Å²) in [4.78, 5) is 15.0. The van der Waals surface area contributed by atoms with Gasteiger partial charge in [-0.15, -0.1) is 0 Å². The molecule has 0 radical (unpaired) electrons. The van der Waals surface area contributed by atoms with E-state index < -0.39 is 0 Å². The van der Waals surface area contributed by atoms with E-state index in [1.54, 1.807) is 19.3 Å². The highest BCUT2D eigenvalue weighted by Crippen LogP contribution is 2.16. The first-order valence-corrected chi connectivity index (χ1v) is 5.04. The largest absolute Gasteiger partial charge is 0.355 e. The summed E-state index contributed by atoms with van der Waals surface area (Å²) in [6.07, 6.45) is 3.46. The van der Waals surface area contributed by atoms with Gasteiger partial charge in [-0.3, -0.25) is 9.78 Å². The molecule has 80 valence electrons. The Morgan fingerprint density at radius 1 is 1.00 bits per heavy atom. The van der Waals surface area contributed by atoms with Crippen LogP contribution in [0.1, 0.15) is 17.3 Å². The number of carbonyl (C=O) groups excluding carboxylic acids is 1. The lowest BCUT2D eigenvalue weighted by Crippen LogP contribution is -1.93. The van der Waals surface area contributed by atoms with Gasteiger partial charge < -0.3 is 5.32 Å². The molecule has 3 nitrogen and oxygen atoms in total. The summed E-state index contributed by atoms with van der Waals surface area (Å²) in [6, 6.07) is 11.2. The number of nitrogens with zero attached hydrogens (tertiary/aromatic N) is 1. The first-order valence-electron chi connectivity index (χ1n) is 5.04. The molecule has 2 aromatic rings. The number of pyridine rings is 1. The third-order valence-electron chi connectivity index (χ3n) is 2.26. The zero-order valence-corrected chi connectivity index (χ0v) is 8.97. The van der Waals surface area contributed by atoms with Gasteiger partial charge in [0, 0.05) is 29.3 Å². The minimum absolute atomic E-state index is 0.0791. The molecule has 2 rings (SSSR count). The van der Waals surface area contributed by atoms with Crippen molar-refractivity contribution < 1.29 is 4.79 Å². The second-order valence-electron chi connectivity index (χ2n) is 3.49. The highest BCUT2D eigenvalue weighted by molar-refractivity contribution is 5.94. The summed E-state index contributed by atoms with van der Waals surface area (Å²) in [7, 11) is 0. The lowest BCUT2D eigenvalue weighted by Gasteiger charge is -2.05. The molecule has 16 heavy (non-hydrogen) atoms. The zero-order valence-electron chi connectivity index (χ0n) is 8.97. The third-order valence-corrected chi connectivity index (χ3v) is 2.26. The SMILES string of the molecule is CC(=O)c1ccc(Nc2ccncc2)cc1. The Kier molecular flexibility index (Phi) is 2.96. The lowest BCUT2D eigenvalue weighted by atomic mass is 10.1. The fourth-order valence-corrected chi connectivity index (χ4v) is 1.39. The Labute approximate surface area is 94.1 Å². The van der Waals surface area contributed by atoms with Crippen LogP contribution in [0.4, 0.5) is 11.4 Å². The summed E-state index contributed by atoms with van der Waals surface area (Å²) in [6.45, 7) is 1.56. The van der Waals surface area contributed by atoms with E-state index in [0.29, 0.717) is 0 Å². The maximum absolute atomic E-state index is 11.1. The van der Waals surface area contributed by atoms with Crippen LogP contribution in [0.15, 0.2) is 48.8 Å². The quantitative estimate of drug-likeness (QED) is 0.795. The standard InChI is InChI=1S/C13H12N2O/c1-10(16)11-2-4-12(5-3-11)15-13-6-8-14-9-7-13/h2-9H,1H3,(H,14,15). The average Bonchev–Trinajstić information content (AvgIpc) is 2.31. The number of nitrogens with one attached hydrogen (secondary N) is 1. The Morgan fingerprint density at radius 3 is 2.12 bits per heavy atom. The molecule has 1 N–H and O–H groups in total. The Morgan fingerprint density at radius 2 is 1.56 bits per heavy atom. The second kappa shape index (κ2) is 4.57. The number of aromatic nitrogens is 1. The first kappa shape index (κ1) is 10.4. The molecule has 0 bridgehead atoms. The van der Waals surface area contributed by atoms with Gasteiger partial charge in [0.15, 0.2) is 5.78 Å².